The first kappa shape index (κ1) is 50.7. The third-order valence-electron chi connectivity index (χ3n) is 18.3. The van der Waals surface area contributed by atoms with Gasteiger partial charge in [-0.25, -0.2) is 19.9 Å². The first-order valence-corrected chi connectivity index (χ1v) is 30.7. The number of rotatable bonds is 9. The summed E-state index contributed by atoms with van der Waals surface area (Å²) in [5.74, 6) is 1.59. The predicted octanol–water partition coefficient (Wildman–Crippen LogP) is 21.2. The normalized spacial score (nSPS) is 12.0. The first-order chi connectivity index (χ1) is 45.1. The van der Waals surface area contributed by atoms with Crippen LogP contribution in [-0.4, -0.2) is 33.6 Å². The van der Waals surface area contributed by atoms with E-state index in [1.54, 1.807) is 0 Å². The van der Waals surface area contributed by atoms with Gasteiger partial charge in [-0.15, -0.1) is 0 Å². The maximum absolute atomic E-state index is 6.30. The Balaban J connectivity index is 0.761. The van der Waals surface area contributed by atoms with Crippen molar-refractivity contribution in [3.63, 3.8) is 0 Å². The van der Waals surface area contributed by atoms with E-state index in [2.05, 4.69) is 292 Å². The van der Waals surface area contributed by atoms with Crippen molar-refractivity contribution in [2.24, 2.45) is 0 Å². The third kappa shape index (κ3) is 7.98. The number of anilines is 3. The smallest absolute Gasteiger partial charge is 0.161 e. The van der Waals surface area contributed by atoms with Crippen LogP contribution < -0.4 is 4.90 Å². The van der Waals surface area contributed by atoms with E-state index >= 15 is 0 Å². The van der Waals surface area contributed by atoms with Crippen molar-refractivity contribution in [1.29, 1.82) is 0 Å². The molecule has 0 N–H and O–H groups in total. The molecule has 9 heteroatoms. The van der Waals surface area contributed by atoms with Crippen molar-refractivity contribution >= 4 is 126 Å². The van der Waals surface area contributed by atoms with Gasteiger partial charge in [0.1, 0.15) is 22.8 Å². The van der Waals surface area contributed by atoms with E-state index in [1.807, 2.05) is 30.6 Å². The summed E-state index contributed by atoms with van der Waals surface area (Å²) in [6.07, 6.45) is 3.79. The van der Waals surface area contributed by atoms with Gasteiger partial charge in [0.2, 0.25) is 0 Å². The Hall–Kier alpha value is -12.5. The number of hydrogen-bond acceptors (Lipinski definition) is 6. The number of fused-ring (bicyclic) bond motifs is 14. The second kappa shape index (κ2) is 20.0. The molecule has 8 aromatic heterocycles. The average Bonchev–Trinajstić information content (AvgIpc) is 1.61. The van der Waals surface area contributed by atoms with Gasteiger partial charge in [-0.05, 0) is 162 Å². The quantitative estimate of drug-likeness (QED) is 0.143. The Morgan fingerprint density at radius 1 is 0.297 bits per heavy atom. The summed E-state index contributed by atoms with van der Waals surface area (Å²) in [4.78, 5) is 23.0. The zero-order chi connectivity index (χ0) is 59.7. The second-order valence-corrected chi connectivity index (χ2v) is 23.4. The summed E-state index contributed by atoms with van der Waals surface area (Å²) < 4.78 is 13.3. The zero-order valence-electron chi connectivity index (χ0n) is 48.9. The van der Waals surface area contributed by atoms with Crippen molar-refractivity contribution in [2.75, 3.05) is 4.90 Å². The van der Waals surface area contributed by atoms with Crippen LogP contribution in [0, 0.1) is 0 Å². The fraction of sp³-hybridized carbons (Fsp3) is 0. The highest BCUT2D eigenvalue weighted by molar-refractivity contribution is 6.17. The van der Waals surface area contributed by atoms with Crippen LogP contribution in [0.2, 0.25) is 0 Å². The van der Waals surface area contributed by atoms with Crippen LogP contribution >= 0.6 is 0 Å². The summed E-state index contributed by atoms with van der Waals surface area (Å²) in [5.41, 5.74) is 20.3. The molecule has 9 nitrogen and oxygen atoms in total. The van der Waals surface area contributed by atoms with Gasteiger partial charge in [-0.2, -0.15) is 0 Å². The van der Waals surface area contributed by atoms with Gasteiger partial charge in [-0.3, -0.25) is 9.13 Å². The highest BCUT2D eigenvalue weighted by Crippen LogP contribution is 2.46. The molecule has 0 radical (unpaired) electrons. The molecule has 0 aliphatic carbocycles. The summed E-state index contributed by atoms with van der Waals surface area (Å²) >= 11 is 0. The number of benzene rings is 11. The van der Waals surface area contributed by atoms with Crippen molar-refractivity contribution in [3.8, 4) is 50.7 Å². The summed E-state index contributed by atoms with van der Waals surface area (Å²) in [6.45, 7) is 0. The van der Waals surface area contributed by atoms with Crippen LogP contribution in [0.5, 0.6) is 0 Å². The molecule has 0 amide bonds. The molecule has 0 aliphatic heterocycles. The monoisotopic (exact) mass is 1160 g/mol. The molecule has 11 aromatic carbocycles. The van der Waals surface area contributed by atoms with E-state index in [-0.39, 0.29) is 0 Å². The fourth-order valence-electron chi connectivity index (χ4n) is 14.2. The molecule has 0 bridgehead atoms. The summed E-state index contributed by atoms with van der Waals surface area (Å²) in [6, 6.07) is 104. The van der Waals surface area contributed by atoms with Gasteiger partial charge in [-0.1, -0.05) is 146 Å². The number of aromatic nitrogens is 7. The number of nitrogens with zero attached hydrogens (tertiary/aromatic N) is 8. The highest BCUT2D eigenvalue weighted by Gasteiger charge is 2.24. The van der Waals surface area contributed by atoms with E-state index in [9.17, 15) is 0 Å². The van der Waals surface area contributed by atoms with Crippen molar-refractivity contribution < 1.29 is 4.42 Å². The van der Waals surface area contributed by atoms with Crippen LogP contribution in [0.15, 0.2) is 308 Å². The molecule has 19 aromatic rings. The van der Waals surface area contributed by atoms with E-state index in [1.165, 1.54) is 21.8 Å². The molecular weight excluding hydrogens is 1110 g/mol. The maximum Gasteiger partial charge on any atom is 0.161 e. The number of para-hydroxylation sites is 7. The summed E-state index contributed by atoms with van der Waals surface area (Å²) in [5, 5.41) is 11.0. The van der Waals surface area contributed by atoms with Crippen molar-refractivity contribution in [2.45, 2.75) is 0 Å². The zero-order valence-corrected chi connectivity index (χ0v) is 48.9. The first-order valence-electron chi connectivity index (χ1n) is 30.7. The lowest BCUT2D eigenvalue weighted by molar-refractivity contribution is 0.669. The Bertz CT molecular complexity index is 6160. The summed E-state index contributed by atoms with van der Waals surface area (Å²) in [7, 11) is 0. The van der Waals surface area contributed by atoms with Crippen molar-refractivity contribution in [1.82, 2.24) is 33.6 Å². The molecule has 0 saturated heterocycles. The minimum Gasteiger partial charge on any atom is -0.456 e. The van der Waals surface area contributed by atoms with E-state index < -0.39 is 0 Å². The van der Waals surface area contributed by atoms with Crippen LogP contribution in [0.1, 0.15) is 0 Å². The second-order valence-electron chi connectivity index (χ2n) is 23.4. The largest absolute Gasteiger partial charge is 0.456 e. The molecular formula is C82H50N8O. The van der Waals surface area contributed by atoms with Gasteiger partial charge < -0.3 is 13.9 Å². The molecule has 0 unspecified atom stereocenters. The fourth-order valence-corrected chi connectivity index (χ4v) is 14.2. The maximum atomic E-state index is 6.30. The van der Waals surface area contributed by atoms with E-state index in [0.29, 0.717) is 11.3 Å². The molecule has 424 valence electrons. The van der Waals surface area contributed by atoms with Crippen LogP contribution in [0.3, 0.4) is 0 Å². The predicted molar refractivity (Wildman–Crippen MR) is 374 cm³/mol. The topological polar surface area (TPSA) is 82.7 Å². The molecule has 0 spiro atoms. The molecule has 0 atom stereocenters. The van der Waals surface area contributed by atoms with Crippen LogP contribution in [0.4, 0.5) is 17.1 Å². The molecule has 0 aliphatic rings. The van der Waals surface area contributed by atoms with E-state index in [0.717, 1.165) is 144 Å². The van der Waals surface area contributed by atoms with Gasteiger partial charge in [0, 0.05) is 106 Å². The molecule has 0 saturated carbocycles. The molecule has 19 rings (SSSR count). The lowest BCUT2D eigenvalue weighted by Gasteiger charge is -2.26. The SMILES string of the molecule is c1ccc(N(c2ccc(-c3cc(-c4cnc5nc(-n6c7ccccc7c7cccc(-c8ccc9c(c8)c8ccccc8n9-c8ccccc8)c76)ccc5c4)cc4c5ccccc5n(-c5ccc6cccnc6n5)c34)cc2)c2ccc3oc4ccccc4c3c2)cc1. The Morgan fingerprint density at radius 2 is 0.868 bits per heavy atom. The molecule has 0 fully saturated rings. The minimum atomic E-state index is 0.660. The number of furan rings is 1. The Kier molecular flexibility index (Phi) is 11.2. The van der Waals surface area contributed by atoms with E-state index in [4.69, 9.17) is 24.4 Å². The van der Waals surface area contributed by atoms with Gasteiger partial charge >= 0.3 is 0 Å². The standard InChI is InChI=1S/C82H50N8O/c1-3-18-57(19-4-1)87(60-39-41-76-69(49-60)65-25-10-14-31-75(65)91-76)59-37-32-51(33-38-59)67-47-55(48-70-64-24-9-13-30-73(64)90(80(67)70)77-42-35-52-17-16-44-83-81(52)85-77)56-45-54-36-43-78(86-82(54)84-50-56)89-72-29-12-7-22-62(72)66-27-15-26-61(79(66)89)53-34-40-74-68(46-53)63-23-8-11-28-71(63)88(74)58-20-5-2-6-21-58/h1-50H. The van der Waals surface area contributed by atoms with Crippen LogP contribution in [0.25, 0.3) is 160 Å². The third-order valence-corrected chi connectivity index (χ3v) is 18.3. The Labute approximate surface area is 520 Å². The lowest BCUT2D eigenvalue weighted by Crippen LogP contribution is -2.09. The molecule has 8 heterocycles. The minimum absolute atomic E-state index is 0.660. The number of hydrogen-bond donors (Lipinski definition) is 0. The van der Waals surface area contributed by atoms with Gasteiger partial charge in [0.15, 0.2) is 11.3 Å². The van der Waals surface area contributed by atoms with Gasteiger partial charge in [0.25, 0.3) is 0 Å². The lowest BCUT2D eigenvalue weighted by atomic mass is 9.95. The number of pyridine rings is 4. The van der Waals surface area contributed by atoms with Gasteiger partial charge in [0.05, 0.1) is 33.1 Å². The van der Waals surface area contributed by atoms with Crippen LogP contribution in [-0.2, 0) is 0 Å². The molecule has 91 heavy (non-hydrogen) atoms. The van der Waals surface area contributed by atoms with Crippen molar-refractivity contribution in [3.05, 3.63) is 304 Å². The highest BCUT2D eigenvalue weighted by atomic mass is 16.3. The average molecular weight is 1160 g/mol. The Morgan fingerprint density at radius 3 is 1.64 bits per heavy atom.